The third-order valence-electron chi connectivity index (χ3n) is 4.96. The first-order valence-corrected chi connectivity index (χ1v) is 14.5. The van der Waals surface area contributed by atoms with Gasteiger partial charge in [-0.15, -0.1) is 0 Å². The summed E-state index contributed by atoms with van der Waals surface area (Å²) in [5.41, 5.74) is 1.78. The van der Waals surface area contributed by atoms with Gasteiger partial charge in [-0.2, -0.15) is 0 Å². The number of aryl methyl sites for hydroxylation is 1. The Balaban J connectivity index is -0.000000257. The summed E-state index contributed by atoms with van der Waals surface area (Å²) < 4.78 is 5.40. The summed E-state index contributed by atoms with van der Waals surface area (Å²) in [6, 6.07) is 5.52. The average molecular weight is 591 g/mol. The van der Waals surface area contributed by atoms with E-state index in [1.165, 1.54) is 7.11 Å². The molecule has 8 heteroatoms. The number of benzene rings is 1. The molecule has 1 heterocycles. The molecule has 1 fully saturated rings. The minimum atomic E-state index is -0.360. The number of amides is 3. The van der Waals surface area contributed by atoms with Crippen LogP contribution in [0.5, 0.6) is 0 Å². The lowest BCUT2D eigenvalue weighted by atomic mass is 10.1. The lowest BCUT2D eigenvalue weighted by molar-refractivity contribution is -0.127. The van der Waals surface area contributed by atoms with Crippen molar-refractivity contribution < 1.29 is 19.1 Å². The average Bonchev–Trinajstić information content (AvgIpc) is 3.31. The van der Waals surface area contributed by atoms with Crippen molar-refractivity contribution in [3.8, 4) is 0 Å². The fourth-order valence-corrected chi connectivity index (χ4v) is 3.32. The molecule has 0 aromatic heterocycles. The van der Waals surface area contributed by atoms with Crippen LogP contribution in [0.2, 0.25) is 0 Å². The molecule has 2 N–H and O–H groups in total. The zero-order valence-corrected chi connectivity index (χ0v) is 27.6. The number of nitrogens with one attached hydrogen (secondary N) is 2. The quantitative estimate of drug-likeness (QED) is 0.340. The van der Waals surface area contributed by atoms with Crippen molar-refractivity contribution in [2.24, 2.45) is 11.8 Å². The highest BCUT2D eigenvalue weighted by atomic mass is 79.9. The van der Waals surface area contributed by atoms with Crippen molar-refractivity contribution in [1.82, 2.24) is 10.2 Å². The summed E-state index contributed by atoms with van der Waals surface area (Å²) in [6.07, 6.45) is 1.13. The molecule has 1 aliphatic heterocycles. The Hall–Kier alpha value is -2.09. The lowest BCUT2D eigenvalue weighted by Gasteiger charge is -2.19. The van der Waals surface area contributed by atoms with Crippen molar-refractivity contribution in [2.45, 2.75) is 109 Å². The number of likely N-dealkylation sites (tertiary alicyclic amines) is 1. The Labute approximate surface area is 236 Å². The molecule has 0 bridgehead atoms. The van der Waals surface area contributed by atoms with Crippen LogP contribution in [-0.4, -0.2) is 49.0 Å². The molecule has 37 heavy (non-hydrogen) atoms. The largest absolute Gasteiger partial charge is 0.453 e. The molecule has 218 valence electrons. The molecule has 0 aliphatic carbocycles. The van der Waals surface area contributed by atoms with Gasteiger partial charge in [-0.3, -0.25) is 9.59 Å². The number of hydrogen-bond donors (Lipinski definition) is 2. The second-order valence-electron chi connectivity index (χ2n) is 7.78. The predicted molar refractivity (Wildman–Crippen MR) is 163 cm³/mol. The Bertz CT molecular complexity index is 714. The molecule has 0 radical (unpaired) electrons. The van der Waals surface area contributed by atoms with Crippen LogP contribution < -0.4 is 10.6 Å². The monoisotopic (exact) mass is 589 g/mol. The zero-order chi connectivity index (χ0) is 30.1. The van der Waals surface area contributed by atoms with E-state index in [-0.39, 0.29) is 24.1 Å². The van der Waals surface area contributed by atoms with E-state index in [1.807, 2.05) is 101 Å². The second-order valence-corrected chi connectivity index (χ2v) is 8.69. The first-order chi connectivity index (χ1) is 17.6. The molecule has 7 nitrogen and oxygen atoms in total. The number of rotatable bonds is 5. The van der Waals surface area contributed by atoms with Gasteiger partial charge in [0, 0.05) is 22.7 Å². The van der Waals surface area contributed by atoms with Gasteiger partial charge in [-0.1, -0.05) is 92.1 Å². The van der Waals surface area contributed by atoms with Crippen LogP contribution in [0, 0.1) is 18.8 Å². The van der Waals surface area contributed by atoms with Crippen molar-refractivity contribution >= 4 is 40.0 Å². The maximum atomic E-state index is 12.2. The van der Waals surface area contributed by atoms with Crippen LogP contribution in [0.1, 0.15) is 95.1 Å². The van der Waals surface area contributed by atoms with E-state index in [1.54, 1.807) is 4.90 Å². The smallest absolute Gasteiger partial charge is 0.407 e. The molecular weight excluding hydrogens is 534 g/mol. The molecule has 1 saturated heterocycles. The van der Waals surface area contributed by atoms with Crippen molar-refractivity contribution in [3.63, 3.8) is 0 Å². The summed E-state index contributed by atoms with van der Waals surface area (Å²) in [4.78, 5) is 35.4. The summed E-state index contributed by atoms with van der Waals surface area (Å²) in [6.45, 7) is 26.7. The fourth-order valence-electron chi connectivity index (χ4n) is 2.85. The predicted octanol–water partition coefficient (Wildman–Crippen LogP) is 8.05. The van der Waals surface area contributed by atoms with E-state index in [2.05, 4.69) is 38.2 Å². The zero-order valence-electron chi connectivity index (χ0n) is 26.0. The first kappa shape index (κ1) is 42.0. The minimum absolute atomic E-state index is 0.109. The highest BCUT2D eigenvalue weighted by Gasteiger charge is 2.34. The molecule has 1 aliphatic rings. The van der Waals surface area contributed by atoms with Gasteiger partial charge >= 0.3 is 6.09 Å². The number of nitrogens with zero attached hydrogens (tertiary/aromatic N) is 1. The number of hydrogen-bond acceptors (Lipinski definition) is 4. The summed E-state index contributed by atoms with van der Waals surface area (Å²) in [7, 11) is 1.36. The Morgan fingerprint density at radius 3 is 1.97 bits per heavy atom. The third kappa shape index (κ3) is 18.8. The molecule has 0 spiro atoms. The summed E-state index contributed by atoms with van der Waals surface area (Å²) >= 11 is 3.39. The highest BCUT2D eigenvalue weighted by Crippen LogP contribution is 2.24. The lowest BCUT2D eigenvalue weighted by Crippen LogP contribution is -2.38. The van der Waals surface area contributed by atoms with Crippen molar-refractivity contribution in [2.75, 3.05) is 19.0 Å². The van der Waals surface area contributed by atoms with Gasteiger partial charge in [0.2, 0.25) is 12.3 Å². The maximum Gasteiger partial charge on any atom is 0.407 e. The number of halogens is 1. The van der Waals surface area contributed by atoms with E-state index >= 15 is 0 Å². The van der Waals surface area contributed by atoms with Crippen LogP contribution in [0.3, 0.4) is 0 Å². The molecule has 3 amide bonds. The van der Waals surface area contributed by atoms with E-state index in [0.29, 0.717) is 18.4 Å². The van der Waals surface area contributed by atoms with Crippen LogP contribution in [0.15, 0.2) is 22.7 Å². The van der Waals surface area contributed by atoms with Crippen molar-refractivity contribution in [3.05, 3.63) is 28.2 Å². The topological polar surface area (TPSA) is 87.7 Å². The van der Waals surface area contributed by atoms with Crippen LogP contribution in [0.25, 0.3) is 0 Å². The number of methoxy groups -OCH3 is 1. The van der Waals surface area contributed by atoms with Crippen molar-refractivity contribution in [1.29, 1.82) is 0 Å². The Morgan fingerprint density at radius 2 is 1.57 bits per heavy atom. The van der Waals surface area contributed by atoms with E-state index in [9.17, 15) is 14.4 Å². The van der Waals surface area contributed by atoms with Gasteiger partial charge in [-0.25, -0.2) is 4.79 Å². The molecule has 3 atom stereocenters. The summed E-state index contributed by atoms with van der Waals surface area (Å²) in [5.74, 6) is 0.702. The van der Waals surface area contributed by atoms with Crippen LogP contribution in [0.4, 0.5) is 10.5 Å². The SMILES string of the molecule is CC.CC.CC.CC.COC(=O)NC(C)C(C)C.Cc1cc(Br)ccc1NC(=O)C1CC(C)CN1C=O. The molecule has 0 saturated carbocycles. The molecular formula is C29H56BrN3O4. The third-order valence-corrected chi connectivity index (χ3v) is 5.46. The van der Waals surface area contributed by atoms with E-state index in [4.69, 9.17) is 0 Å². The molecule has 2 rings (SSSR count). The standard InChI is InChI=1S/C14H17BrN2O2.C7H15NO2.4C2H6/c1-9-5-13(17(7-9)8-18)14(19)16-12-4-3-11(15)6-10(12)2;1-5(2)6(3)8-7(9)10-4;4*1-2/h3-4,6,8-9,13H,5,7H2,1-2H3,(H,16,19);5-6H,1-4H3,(H,8,9);4*1-2H3. The van der Waals surface area contributed by atoms with Gasteiger partial charge in [0.1, 0.15) is 6.04 Å². The summed E-state index contributed by atoms with van der Waals surface area (Å²) in [5, 5.41) is 5.57. The number of carbonyl (C=O) groups excluding carboxylic acids is 3. The second kappa shape index (κ2) is 27.0. The molecule has 1 aromatic rings. The van der Waals surface area contributed by atoms with Gasteiger partial charge in [0.05, 0.1) is 7.11 Å². The van der Waals surface area contributed by atoms with Crippen LogP contribution >= 0.6 is 15.9 Å². The molecule has 1 aromatic carbocycles. The Kier molecular flexibility index (Phi) is 30.6. The minimum Gasteiger partial charge on any atom is -0.453 e. The Morgan fingerprint density at radius 1 is 1.05 bits per heavy atom. The number of alkyl carbamates (subject to hydrolysis) is 1. The van der Waals surface area contributed by atoms with Gasteiger partial charge in [-0.05, 0) is 55.9 Å². The first-order valence-electron chi connectivity index (χ1n) is 13.7. The highest BCUT2D eigenvalue weighted by molar-refractivity contribution is 9.10. The fraction of sp³-hybridized carbons (Fsp3) is 0.690. The van der Waals surface area contributed by atoms with E-state index < -0.39 is 0 Å². The number of anilines is 1. The number of carbonyl (C=O) groups is 3. The normalized spacial score (nSPS) is 15.6. The van der Waals surface area contributed by atoms with Crippen LogP contribution in [-0.2, 0) is 14.3 Å². The number of ether oxygens (including phenoxy) is 1. The van der Waals surface area contributed by atoms with Gasteiger partial charge in [0.25, 0.3) is 0 Å². The van der Waals surface area contributed by atoms with Gasteiger partial charge < -0.3 is 20.3 Å². The van der Waals surface area contributed by atoms with Gasteiger partial charge in [0.15, 0.2) is 0 Å². The molecule has 3 unspecified atom stereocenters. The maximum absolute atomic E-state index is 12.2. The van der Waals surface area contributed by atoms with E-state index in [0.717, 1.165) is 28.6 Å².